The lowest BCUT2D eigenvalue weighted by Gasteiger charge is -2.08. The van der Waals surface area contributed by atoms with Crippen LogP contribution in [0.25, 0.3) is 10.8 Å². The van der Waals surface area contributed by atoms with Crippen LogP contribution in [-0.2, 0) is 4.79 Å². The molecule has 2 N–H and O–H groups in total. The van der Waals surface area contributed by atoms with Gasteiger partial charge in [-0.15, -0.1) is 0 Å². The number of carboxylic acid groups (broad SMARTS) is 1. The molecule has 0 spiro atoms. The van der Waals surface area contributed by atoms with Crippen molar-refractivity contribution in [2.45, 2.75) is 13.3 Å². The number of carbonyl (C=O) groups is 2. The molecule has 0 unspecified atom stereocenters. The number of hydrogen-bond acceptors (Lipinski definition) is 3. The molecular formula is C14H14N2O3. The number of rotatable bonds is 4. The van der Waals surface area contributed by atoms with Crippen molar-refractivity contribution in [3.05, 3.63) is 41.7 Å². The molecule has 19 heavy (non-hydrogen) atoms. The van der Waals surface area contributed by atoms with Crippen LogP contribution in [-0.4, -0.2) is 28.5 Å². The highest BCUT2D eigenvalue weighted by molar-refractivity contribution is 6.05. The van der Waals surface area contributed by atoms with E-state index in [0.29, 0.717) is 5.69 Å². The second-order valence-electron chi connectivity index (χ2n) is 4.24. The smallest absolute Gasteiger partial charge is 0.305 e. The Kier molecular flexibility index (Phi) is 3.75. The van der Waals surface area contributed by atoms with E-state index in [9.17, 15) is 9.59 Å². The Labute approximate surface area is 110 Å². The van der Waals surface area contributed by atoms with Gasteiger partial charge in [-0.25, -0.2) is 0 Å². The lowest BCUT2D eigenvalue weighted by atomic mass is 10.1. The van der Waals surface area contributed by atoms with Crippen LogP contribution in [0.1, 0.15) is 22.5 Å². The third-order valence-corrected chi connectivity index (χ3v) is 2.83. The molecule has 1 aromatic heterocycles. The highest BCUT2D eigenvalue weighted by atomic mass is 16.4. The van der Waals surface area contributed by atoms with Crippen molar-refractivity contribution in [3.8, 4) is 0 Å². The van der Waals surface area contributed by atoms with E-state index >= 15 is 0 Å². The first-order chi connectivity index (χ1) is 9.09. The summed E-state index contributed by atoms with van der Waals surface area (Å²) in [6, 6.07) is 7.51. The molecular weight excluding hydrogens is 244 g/mol. The van der Waals surface area contributed by atoms with Crippen molar-refractivity contribution in [1.82, 2.24) is 10.3 Å². The van der Waals surface area contributed by atoms with Gasteiger partial charge in [0.15, 0.2) is 0 Å². The quantitative estimate of drug-likeness (QED) is 0.875. The van der Waals surface area contributed by atoms with Crippen molar-refractivity contribution in [2.24, 2.45) is 0 Å². The number of pyridine rings is 1. The number of nitrogens with one attached hydrogen (secondary N) is 1. The molecule has 0 saturated carbocycles. The van der Waals surface area contributed by atoms with E-state index in [2.05, 4.69) is 10.3 Å². The van der Waals surface area contributed by atoms with E-state index in [1.165, 1.54) is 0 Å². The number of carboxylic acids is 1. The zero-order chi connectivity index (χ0) is 13.8. The molecule has 1 heterocycles. The maximum Gasteiger partial charge on any atom is 0.305 e. The number of amides is 1. The monoisotopic (exact) mass is 258 g/mol. The van der Waals surface area contributed by atoms with Crippen LogP contribution in [0.15, 0.2) is 30.5 Å². The third kappa shape index (κ3) is 2.88. The molecule has 0 radical (unpaired) electrons. The van der Waals surface area contributed by atoms with Crippen molar-refractivity contribution in [1.29, 1.82) is 0 Å². The van der Waals surface area contributed by atoms with E-state index < -0.39 is 5.97 Å². The number of nitrogens with zero attached hydrogens (tertiary/aromatic N) is 1. The second-order valence-corrected chi connectivity index (χ2v) is 4.24. The molecule has 0 aliphatic carbocycles. The van der Waals surface area contributed by atoms with Gasteiger partial charge in [-0.3, -0.25) is 14.6 Å². The second kappa shape index (κ2) is 5.48. The fourth-order valence-electron chi connectivity index (χ4n) is 1.88. The Morgan fingerprint density at radius 3 is 2.63 bits per heavy atom. The van der Waals surface area contributed by atoms with Gasteiger partial charge in [-0.05, 0) is 17.9 Å². The van der Waals surface area contributed by atoms with E-state index in [-0.39, 0.29) is 18.9 Å². The molecule has 0 saturated heterocycles. The average Bonchev–Trinajstić information content (AvgIpc) is 2.39. The summed E-state index contributed by atoms with van der Waals surface area (Å²) in [5.41, 5.74) is 1.32. The number of fused-ring (bicyclic) bond motifs is 1. The van der Waals surface area contributed by atoms with Crippen molar-refractivity contribution in [3.63, 3.8) is 0 Å². The van der Waals surface area contributed by atoms with Crippen molar-refractivity contribution < 1.29 is 14.7 Å². The average molecular weight is 258 g/mol. The minimum absolute atomic E-state index is 0.0953. The van der Waals surface area contributed by atoms with Crippen LogP contribution < -0.4 is 5.32 Å². The lowest BCUT2D eigenvalue weighted by Crippen LogP contribution is -2.27. The lowest BCUT2D eigenvalue weighted by molar-refractivity contribution is -0.136. The molecule has 2 rings (SSSR count). The summed E-state index contributed by atoms with van der Waals surface area (Å²) in [5, 5.41) is 12.8. The number of aromatic nitrogens is 1. The summed E-state index contributed by atoms with van der Waals surface area (Å²) in [7, 11) is 0. The Morgan fingerprint density at radius 2 is 1.95 bits per heavy atom. The Bertz CT molecular complexity index is 638. The van der Waals surface area contributed by atoms with Gasteiger partial charge in [0, 0.05) is 18.1 Å². The number of carbonyl (C=O) groups excluding carboxylic acids is 1. The molecule has 0 bridgehead atoms. The molecule has 0 atom stereocenters. The first kappa shape index (κ1) is 13.0. The fraction of sp³-hybridized carbons (Fsp3) is 0.214. The molecule has 0 aliphatic rings. The molecule has 98 valence electrons. The molecule has 5 heteroatoms. The number of benzene rings is 1. The number of hydrogen-bond donors (Lipinski definition) is 2. The van der Waals surface area contributed by atoms with Gasteiger partial charge in [0.1, 0.15) is 5.69 Å². The molecule has 1 aromatic carbocycles. The summed E-state index contributed by atoms with van der Waals surface area (Å²) in [4.78, 5) is 26.5. The van der Waals surface area contributed by atoms with Crippen LogP contribution in [0.2, 0.25) is 0 Å². The zero-order valence-corrected chi connectivity index (χ0v) is 10.5. The molecule has 0 fully saturated rings. The molecule has 0 aliphatic heterocycles. The van der Waals surface area contributed by atoms with Gasteiger partial charge in [0.05, 0.1) is 6.42 Å². The first-order valence-electron chi connectivity index (χ1n) is 5.94. The molecule has 1 amide bonds. The largest absolute Gasteiger partial charge is 0.481 e. The summed E-state index contributed by atoms with van der Waals surface area (Å²) in [6.07, 6.45) is 1.55. The molecule has 5 nitrogen and oxygen atoms in total. The SMILES string of the molecule is Cc1cnc(C(=O)NCCC(=O)O)c2ccccc12. The van der Waals surface area contributed by atoms with Crippen LogP contribution in [0.4, 0.5) is 0 Å². The number of aryl methyl sites for hydroxylation is 1. The summed E-state index contributed by atoms with van der Waals surface area (Å²) >= 11 is 0. The van der Waals surface area contributed by atoms with E-state index in [1.807, 2.05) is 31.2 Å². The topological polar surface area (TPSA) is 79.3 Å². The Hall–Kier alpha value is -2.43. The van der Waals surface area contributed by atoms with Gasteiger partial charge < -0.3 is 10.4 Å². The van der Waals surface area contributed by atoms with Crippen LogP contribution >= 0.6 is 0 Å². The van der Waals surface area contributed by atoms with Crippen molar-refractivity contribution >= 4 is 22.6 Å². The highest BCUT2D eigenvalue weighted by Gasteiger charge is 2.12. The van der Waals surface area contributed by atoms with E-state index in [0.717, 1.165) is 16.3 Å². The Balaban J connectivity index is 2.27. The summed E-state index contributed by atoms with van der Waals surface area (Å²) in [6.45, 7) is 2.03. The maximum atomic E-state index is 12.0. The minimum Gasteiger partial charge on any atom is -0.481 e. The fourth-order valence-corrected chi connectivity index (χ4v) is 1.88. The summed E-state index contributed by atoms with van der Waals surface area (Å²) in [5.74, 6) is -1.29. The Morgan fingerprint density at radius 1 is 1.26 bits per heavy atom. The number of aliphatic carboxylic acids is 1. The standard InChI is InChI=1S/C14H14N2O3/c1-9-8-16-13(11-5-3-2-4-10(9)11)14(19)15-7-6-12(17)18/h2-5,8H,6-7H2,1H3,(H,15,19)(H,17,18). The zero-order valence-electron chi connectivity index (χ0n) is 10.5. The van der Waals surface area contributed by atoms with Crippen LogP contribution in [0.3, 0.4) is 0 Å². The first-order valence-corrected chi connectivity index (χ1v) is 5.94. The van der Waals surface area contributed by atoms with E-state index in [4.69, 9.17) is 5.11 Å². The third-order valence-electron chi connectivity index (χ3n) is 2.83. The predicted octanol–water partition coefficient (Wildman–Crippen LogP) is 1.75. The van der Waals surface area contributed by atoms with Gasteiger partial charge in [-0.1, -0.05) is 24.3 Å². The predicted molar refractivity (Wildman–Crippen MR) is 71.1 cm³/mol. The van der Waals surface area contributed by atoms with Gasteiger partial charge in [-0.2, -0.15) is 0 Å². The van der Waals surface area contributed by atoms with Gasteiger partial charge in [0.2, 0.25) is 0 Å². The summed E-state index contributed by atoms with van der Waals surface area (Å²) < 4.78 is 0. The van der Waals surface area contributed by atoms with E-state index in [1.54, 1.807) is 6.20 Å². The van der Waals surface area contributed by atoms with Gasteiger partial charge >= 0.3 is 5.97 Å². The maximum absolute atomic E-state index is 12.0. The van der Waals surface area contributed by atoms with Crippen molar-refractivity contribution in [2.75, 3.05) is 6.54 Å². The van der Waals surface area contributed by atoms with Crippen LogP contribution in [0.5, 0.6) is 0 Å². The van der Waals surface area contributed by atoms with Crippen LogP contribution in [0, 0.1) is 6.92 Å². The minimum atomic E-state index is -0.943. The van der Waals surface area contributed by atoms with Gasteiger partial charge in [0.25, 0.3) is 5.91 Å². The normalized spacial score (nSPS) is 10.4. The molecule has 2 aromatic rings. The highest BCUT2D eigenvalue weighted by Crippen LogP contribution is 2.20.